The Hall–Kier alpha value is -4.19. The number of amides is 1. The van der Waals surface area contributed by atoms with E-state index in [-0.39, 0.29) is 24.3 Å². The van der Waals surface area contributed by atoms with Crippen LogP contribution in [0.15, 0.2) is 91.5 Å². The molecule has 1 N–H and O–H groups in total. The topological polar surface area (TPSA) is 73.2 Å². The Bertz CT molecular complexity index is 1300. The lowest BCUT2D eigenvalue weighted by Crippen LogP contribution is -2.25. The lowest BCUT2D eigenvalue weighted by atomic mass is 9.87. The van der Waals surface area contributed by atoms with Gasteiger partial charge in [0.1, 0.15) is 11.9 Å². The van der Waals surface area contributed by atoms with E-state index in [1.54, 1.807) is 24.7 Å². The van der Waals surface area contributed by atoms with E-state index in [0.29, 0.717) is 24.3 Å². The first-order chi connectivity index (χ1) is 17.2. The Labute approximate surface area is 204 Å². The van der Waals surface area contributed by atoms with Gasteiger partial charge in [-0.1, -0.05) is 48.5 Å². The van der Waals surface area contributed by atoms with Gasteiger partial charge in [-0.2, -0.15) is 0 Å². The Kier molecular flexibility index (Phi) is 6.70. The Morgan fingerprint density at radius 3 is 2.54 bits per heavy atom. The second kappa shape index (κ2) is 10.4. The Morgan fingerprint density at radius 2 is 1.80 bits per heavy atom. The molecule has 0 unspecified atom stereocenters. The van der Waals surface area contributed by atoms with Gasteiger partial charge in [-0.05, 0) is 53.8 Å². The van der Waals surface area contributed by atoms with E-state index in [1.165, 1.54) is 0 Å². The molecule has 1 amide bonds. The highest BCUT2D eigenvalue weighted by Gasteiger charge is 2.24. The third kappa shape index (κ3) is 5.32. The van der Waals surface area contributed by atoms with Crippen molar-refractivity contribution in [3.05, 3.63) is 119 Å². The van der Waals surface area contributed by atoms with Crippen LogP contribution in [-0.2, 0) is 19.5 Å². The molecule has 1 aliphatic rings. The summed E-state index contributed by atoms with van der Waals surface area (Å²) in [5, 5.41) is 2.98. The quantitative estimate of drug-likeness (QED) is 0.390. The van der Waals surface area contributed by atoms with Gasteiger partial charge < -0.3 is 14.6 Å². The molecular weight excluding hydrogens is 438 g/mol. The predicted octanol–water partition coefficient (Wildman–Crippen LogP) is 5.15. The van der Waals surface area contributed by atoms with Gasteiger partial charge in [0.25, 0.3) is 5.91 Å². The van der Waals surface area contributed by atoms with E-state index in [2.05, 4.69) is 10.3 Å². The number of aromatic nitrogens is 2. The van der Waals surface area contributed by atoms with Gasteiger partial charge in [0.05, 0.1) is 12.9 Å². The minimum Gasteiger partial charge on any atom is -0.484 e. The fourth-order valence-electron chi connectivity index (χ4n) is 4.56. The van der Waals surface area contributed by atoms with Crippen molar-refractivity contribution < 1.29 is 14.3 Å². The molecule has 176 valence electrons. The van der Waals surface area contributed by atoms with Crippen LogP contribution in [0.5, 0.6) is 5.75 Å². The zero-order valence-electron chi connectivity index (χ0n) is 19.4. The summed E-state index contributed by atoms with van der Waals surface area (Å²) in [4.78, 5) is 29.6. The molecular formula is C29H27N3O3. The van der Waals surface area contributed by atoms with Gasteiger partial charge in [-0.25, -0.2) is 4.98 Å². The van der Waals surface area contributed by atoms with Crippen LogP contribution in [0.2, 0.25) is 0 Å². The summed E-state index contributed by atoms with van der Waals surface area (Å²) in [6.45, 7) is 0.858. The molecule has 6 heteroatoms. The zero-order chi connectivity index (χ0) is 24.0. The number of rotatable bonds is 8. The number of hydrogen-bond acceptors (Lipinski definition) is 4. The van der Waals surface area contributed by atoms with Gasteiger partial charge >= 0.3 is 0 Å². The van der Waals surface area contributed by atoms with Crippen LogP contribution in [-0.4, -0.2) is 21.2 Å². The second-order valence-corrected chi connectivity index (χ2v) is 8.72. The molecule has 0 fully saturated rings. The molecule has 1 atom stereocenters. The summed E-state index contributed by atoms with van der Waals surface area (Å²) in [5.74, 6) is 0.646. The minimum atomic E-state index is -0.241. The van der Waals surface area contributed by atoms with Crippen LogP contribution in [0, 0.1) is 0 Å². The molecule has 35 heavy (non-hydrogen) atoms. The molecule has 0 radical (unpaired) electrons. The number of carbonyl (C=O) groups is 2. The maximum absolute atomic E-state index is 12.8. The number of carbonyl (C=O) groups excluding carboxylic acids is 2. The Balaban J connectivity index is 1.44. The number of fused-ring (bicyclic) bond motifs is 1. The summed E-state index contributed by atoms with van der Waals surface area (Å²) >= 11 is 0. The number of ketones is 1. The first-order valence-corrected chi connectivity index (χ1v) is 11.9. The molecule has 0 saturated carbocycles. The van der Waals surface area contributed by atoms with Gasteiger partial charge in [-0.15, -0.1) is 0 Å². The van der Waals surface area contributed by atoms with Crippen LogP contribution >= 0.6 is 0 Å². The first-order valence-electron chi connectivity index (χ1n) is 11.9. The highest BCUT2D eigenvalue weighted by Crippen LogP contribution is 2.32. The van der Waals surface area contributed by atoms with Crippen LogP contribution in [0.1, 0.15) is 56.4 Å². The summed E-state index contributed by atoms with van der Waals surface area (Å²) in [7, 11) is 0. The molecule has 4 aromatic rings. The average molecular weight is 466 g/mol. The second-order valence-electron chi connectivity index (χ2n) is 8.72. The zero-order valence-corrected chi connectivity index (χ0v) is 19.4. The molecule has 6 nitrogen and oxygen atoms in total. The number of benzene rings is 3. The fourth-order valence-corrected chi connectivity index (χ4v) is 4.56. The average Bonchev–Trinajstić information content (AvgIpc) is 3.41. The van der Waals surface area contributed by atoms with Crippen molar-refractivity contribution in [2.45, 2.75) is 38.5 Å². The van der Waals surface area contributed by atoms with Crippen molar-refractivity contribution in [1.29, 1.82) is 0 Å². The van der Waals surface area contributed by atoms with Crippen molar-refractivity contribution in [3.8, 4) is 5.75 Å². The number of imidazole rings is 1. The highest BCUT2D eigenvalue weighted by atomic mass is 16.5. The molecule has 0 aliphatic heterocycles. The molecule has 0 bridgehead atoms. The summed E-state index contributed by atoms with van der Waals surface area (Å²) in [6, 6.07) is 23.0. The van der Waals surface area contributed by atoms with Crippen LogP contribution in [0.25, 0.3) is 0 Å². The first kappa shape index (κ1) is 22.6. The summed E-state index contributed by atoms with van der Waals surface area (Å²) in [5.41, 5.74) is 4.14. The summed E-state index contributed by atoms with van der Waals surface area (Å²) in [6.07, 6.45) is 7.36. The van der Waals surface area contributed by atoms with Crippen LogP contribution < -0.4 is 10.1 Å². The van der Waals surface area contributed by atoms with E-state index >= 15 is 0 Å². The lowest BCUT2D eigenvalue weighted by molar-refractivity contribution is 0.0941. The maximum Gasteiger partial charge on any atom is 0.251 e. The maximum atomic E-state index is 12.8. The molecule has 0 saturated heterocycles. The molecule has 5 rings (SSSR count). The Morgan fingerprint density at radius 1 is 1.03 bits per heavy atom. The molecule has 1 heterocycles. The molecule has 3 aromatic carbocycles. The van der Waals surface area contributed by atoms with E-state index < -0.39 is 0 Å². The van der Waals surface area contributed by atoms with Crippen molar-refractivity contribution in [2.24, 2.45) is 0 Å². The minimum absolute atomic E-state index is 0.125. The number of aryl methyl sites for hydroxylation is 1. The van der Waals surface area contributed by atoms with Gasteiger partial charge in [-0.3, -0.25) is 9.59 Å². The van der Waals surface area contributed by atoms with Crippen LogP contribution in [0.4, 0.5) is 0 Å². The largest absolute Gasteiger partial charge is 0.484 e. The number of nitrogens with zero attached hydrogens (tertiary/aromatic N) is 2. The van der Waals surface area contributed by atoms with E-state index in [0.717, 1.165) is 35.1 Å². The molecule has 1 aliphatic carbocycles. The van der Waals surface area contributed by atoms with E-state index in [1.807, 2.05) is 71.4 Å². The highest BCUT2D eigenvalue weighted by molar-refractivity contribution is 6.00. The van der Waals surface area contributed by atoms with Crippen molar-refractivity contribution >= 4 is 11.7 Å². The number of Topliss-reactive ketones (excluding diaryl/α,β-unsaturated/α-hetero) is 1. The van der Waals surface area contributed by atoms with Gasteiger partial charge in [0.2, 0.25) is 0 Å². The smallest absolute Gasteiger partial charge is 0.251 e. The standard InChI is InChI=1S/C29H27N3O3/c33-26-13-7-12-23-16-25(17-24(28(23)26)18-31-29(34)22-10-5-2-6-11-22)35-27(19-32-15-14-30-20-32)21-8-3-1-4-9-21/h1-6,8-11,14-17,20,27H,7,12-13,18-19H2,(H,31,34)/t27-/m1/s1. The number of ether oxygens (including phenoxy) is 1. The van der Waals surface area contributed by atoms with E-state index in [4.69, 9.17) is 4.74 Å². The summed E-state index contributed by atoms with van der Waals surface area (Å²) < 4.78 is 8.52. The molecule has 0 spiro atoms. The van der Waals surface area contributed by atoms with E-state index in [9.17, 15) is 9.59 Å². The number of nitrogens with one attached hydrogen (secondary N) is 1. The van der Waals surface area contributed by atoms with Crippen LogP contribution in [0.3, 0.4) is 0 Å². The normalized spacial score (nSPS) is 13.7. The lowest BCUT2D eigenvalue weighted by Gasteiger charge is -2.24. The molecule has 1 aromatic heterocycles. The monoisotopic (exact) mass is 465 g/mol. The SMILES string of the molecule is O=C(NCc1cc(O[C@H](Cn2ccnc2)c2ccccc2)cc2c1C(=O)CCC2)c1ccccc1. The van der Waals surface area contributed by atoms with Gasteiger partial charge in [0, 0.05) is 36.5 Å². The van der Waals surface area contributed by atoms with Gasteiger partial charge in [0.15, 0.2) is 5.78 Å². The third-order valence-electron chi connectivity index (χ3n) is 6.26. The van der Waals surface area contributed by atoms with Crippen molar-refractivity contribution in [1.82, 2.24) is 14.9 Å². The van der Waals surface area contributed by atoms with Crippen molar-refractivity contribution in [2.75, 3.05) is 0 Å². The predicted molar refractivity (Wildman–Crippen MR) is 133 cm³/mol. The third-order valence-corrected chi connectivity index (χ3v) is 6.26. The fraction of sp³-hybridized carbons (Fsp3) is 0.207. The van der Waals surface area contributed by atoms with Crippen molar-refractivity contribution in [3.63, 3.8) is 0 Å². The number of hydrogen-bond donors (Lipinski definition) is 1.